The van der Waals surface area contributed by atoms with Crippen molar-refractivity contribution in [2.75, 3.05) is 13.7 Å². The Bertz CT molecular complexity index is 861. The van der Waals surface area contributed by atoms with E-state index in [1.54, 1.807) is 0 Å². The van der Waals surface area contributed by atoms with Gasteiger partial charge < -0.3 is 25.2 Å². The summed E-state index contributed by atoms with van der Waals surface area (Å²) in [5.41, 5.74) is 1.48. The van der Waals surface area contributed by atoms with Crippen LogP contribution in [0.4, 0.5) is 13.2 Å². The molecule has 0 radical (unpaired) electrons. The zero-order valence-electron chi connectivity index (χ0n) is 16.3. The van der Waals surface area contributed by atoms with Crippen LogP contribution in [-0.4, -0.2) is 37.1 Å². The number of nitrogens with one attached hydrogen (secondary N) is 2. The highest BCUT2D eigenvalue weighted by atomic mass is 19.4. The number of rotatable bonds is 7. The molecule has 0 spiro atoms. The largest absolute Gasteiger partial charge is 0.573 e. The molecule has 2 aromatic rings. The van der Waals surface area contributed by atoms with Crippen LogP contribution in [0.15, 0.2) is 48.5 Å². The molecule has 2 aromatic carbocycles. The Kier molecular flexibility index (Phi) is 6.84. The number of carboxylic acids is 1. The Balaban J connectivity index is 1.79. The van der Waals surface area contributed by atoms with Gasteiger partial charge in [-0.1, -0.05) is 30.3 Å². The van der Waals surface area contributed by atoms with Crippen LogP contribution in [0.2, 0.25) is 0 Å². The summed E-state index contributed by atoms with van der Waals surface area (Å²) in [6.07, 6.45) is -4.41. The van der Waals surface area contributed by atoms with Gasteiger partial charge in [-0.3, -0.25) is 4.79 Å². The predicted octanol–water partition coefficient (Wildman–Crippen LogP) is 3.49. The van der Waals surface area contributed by atoms with Crippen molar-refractivity contribution >= 4 is 5.97 Å². The zero-order valence-corrected chi connectivity index (χ0v) is 16.3. The molecule has 0 bridgehead atoms. The molecule has 0 amide bonds. The van der Waals surface area contributed by atoms with Crippen LogP contribution < -0.4 is 20.1 Å². The van der Waals surface area contributed by atoms with Gasteiger partial charge in [-0.05, 0) is 30.2 Å². The smallest absolute Gasteiger partial charge is 0.496 e. The first-order chi connectivity index (χ1) is 14.3. The maximum Gasteiger partial charge on any atom is 0.573 e. The highest BCUT2D eigenvalue weighted by Gasteiger charge is 2.34. The third-order valence-corrected chi connectivity index (χ3v) is 5.07. The standard InChI is InChI=1S/C21H23F3N2O4/c1-29-18-8-7-16(30-21(22,23)24)9-14(18)11-25-17-10-15(20(27)28)12-26-19(17)13-5-3-2-4-6-13/h2-9,15,17,19,25-26H,10-12H2,1H3,(H,27,28). The van der Waals surface area contributed by atoms with E-state index in [9.17, 15) is 23.1 Å². The molecular weight excluding hydrogens is 401 g/mol. The van der Waals surface area contributed by atoms with Crippen molar-refractivity contribution in [3.8, 4) is 11.5 Å². The minimum atomic E-state index is -4.79. The van der Waals surface area contributed by atoms with Crippen LogP contribution in [-0.2, 0) is 11.3 Å². The molecule has 1 saturated heterocycles. The minimum absolute atomic E-state index is 0.137. The molecule has 1 aliphatic rings. The molecule has 3 unspecified atom stereocenters. The first kappa shape index (κ1) is 21.9. The Hall–Kier alpha value is -2.78. The van der Waals surface area contributed by atoms with Crippen LogP contribution in [0.3, 0.4) is 0 Å². The van der Waals surface area contributed by atoms with Crippen molar-refractivity contribution in [1.29, 1.82) is 0 Å². The second-order valence-corrected chi connectivity index (χ2v) is 7.08. The molecule has 1 aliphatic heterocycles. The normalized spacial score (nSPS) is 21.8. The van der Waals surface area contributed by atoms with Gasteiger partial charge in [0.1, 0.15) is 11.5 Å². The van der Waals surface area contributed by atoms with Crippen LogP contribution in [0.5, 0.6) is 11.5 Å². The van der Waals surface area contributed by atoms with Crippen molar-refractivity contribution in [3.63, 3.8) is 0 Å². The Labute approximate surface area is 172 Å². The summed E-state index contributed by atoms with van der Waals surface area (Å²) < 4.78 is 46.9. The fourth-order valence-electron chi connectivity index (χ4n) is 3.67. The summed E-state index contributed by atoms with van der Waals surface area (Å²) in [6.45, 7) is 0.519. The van der Waals surface area contributed by atoms with E-state index >= 15 is 0 Å². The van der Waals surface area contributed by atoms with Crippen LogP contribution in [0.1, 0.15) is 23.6 Å². The summed E-state index contributed by atoms with van der Waals surface area (Å²) in [6, 6.07) is 13.1. The first-order valence-corrected chi connectivity index (χ1v) is 9.44. The monoisotopic (exact) mass is 424 g/mol. The molecule has 9 heteroatoms. The van der Waals surface area contributed by atoms with Crippen LogP contribution in [0, 0.1) is 5.92 Å². The quantitative estimate of drug-likeness (QED) is 0.632. The molecule has 0 aromatic heterocycles. The summed E-state index contributed by atoms with van der Waals surface area (Å²) >= 11 is 0. The third kappa shape index (κ3) is 5.64. The average molecular weight is 424 g/mol. The summed E-state index contributed by atoms with van der Waals surface area (Å²) in [7, 11) is 1.43. The highest BCUT2D eigenvalue weighted by molar-refractivity contribution is 5.70. The summed E-state index contributed by atoms with van der Waals surface area (Å²) in [4.78, 5) is 11.5. The minimum Gasteiger partial charge on any atom is -0.496 e. The number of piperidine rings is 1. The van der Waals surface area contributed by atoms with Crippen LogP contribution >= 0.6 is 0 Å². The Morgan fingerprint density at radius 2 is 1.97 bits per heavy atom. The van der Waals surface area contributed by atoms with Gasteiger partial charge in [-0.15, -0.1) is 13.2 Å². The number of halogens is 3. The van der Waals surface area contributed by atoms with E-state index in [1.807, 2.05) is 30.3 Å². The lowest BCUT2D eigenvalue weighted by Gasteiger charge is -2.36. The number of alkyl halides is 3. The average Bonchev–Trinajstić information content (AvgIpc) is 2.71. The van der Waals surface area contributed by atoms with Crippen molar-refractivity contribution in [2.45, 2.75) is 31.4 Å². The highest BCUT2D eigenvalue weighted by Crippen LogP contribution is 2.30. The number of methoxy groups -OCH3 is 1. The van der Waals surface area contributed by atoms with Gasteiger partial charge in [0.05, 0.1) is 13.0 Å². The fraction of sp³-hybridized carbons (Fsp3) is 0.381. The molecule has 3 N–H and O–H groups in total. The molecule has 0 saturated carbocycles. The molecule has 1 heterocycles. The van der Waals surface area contributed by atoms with E-state index in [2.05, 4.69) is 15.4 Å². The number of carboxylic acid groups (broad SMARTS) is 1. The number of aliphatic carboxylic acids is 1. The molecule has 3 atom stereocenters. The van der Waals surface area contributed by atoms with E-state index in [0.717, 1.165) is 5.56 Å². The molecular formula is C21H23F3N2O4. The van der Waals surface area contributed by atoms with Gasteiger partial charge in [0.25, 0.3) is 0 Å². The molecule has 162 valence electrons. The van der Waals surface area contributed by atoms with Gasteiger partial charge in [-0.2, -0.15) is 0 Å². The Morgan fingerprint density at radius 3 is 2.60 bits per heavy atom. The van der Waals surface area contributed by atoms with E-state index in [1.165, 1.54) is 25.3 Å². The number of hydrogen-bond donors (Lipinski definition) is 3. The fourth-order valence-corrected chi connectivity index (χ4v) is 3.67. The maximum absolute atomic E-state index is 12.6. The van der Waals surface area contributed by atoms with Crippen molar-refractivity contribution in [1.82, 2.24) is 10.6 Å². The molecule has 1 fully saturated rings. The lowest BCUT2D eigenvalue weighted by molar-refractivity contribution is -0.274. The first-order valence-electron chi connectivity index (χ1n) is 9.44. The van der Waals surface area contributed by atoms with Crippen molar-refractivity contribution < 1.29 is 32.5 Å². The number of hydrogen-bond acceptors (Lipinski definition) is 5. The lowest BCUT2D eigenvalue weighted by Crippen LogP contribution is -2.50. The lowest BCUT2D eigenvalue weighted by atomic mass is 9.86. The van der Waals surface area contributed by atoms with Gasteiger partial charge in [0.15, 0.2) is 0 Å². The topological polar surface area (TPSA) is 79.8 Å². The summed E-state index contributed by atoms with van der Waals surface area (Å²) in [5.74, 6) is -1.39. The molecule has 0 aliphatic carbocycles. The zero-order chi connectivity index (χ0) is 21.7. The SMILES string of the molecule is COc1ccc(OC(F)(F)F)cc1CNC1CC(C(=O)O)CNC1c1ccccc1. The number of benzene rings is 2. The maximum atomic E-state index is 12.6. The van der Waals surface area contributed by atoms with Crippen molar-refractivity contribution in [3.05, 3.63) is 59.7 Å². The predicted molar refractivity (Wildman–Crippen MR) is 103 cm³/mol. The number of carbonyl (C=O) groups is 1. The summed E-state index contributed by atoms with van der Waals surface area (Å²) in [5, 5.41) is 16.0. The van der Waals surface area contributed by atoms with Crippen molar-refractivity contribution in [2.24, 2.45) is 5.92 Å². The van der Waals surface area contributed by atoms with Crippen LogP contribution in [0.25, 0.3) is 0 Å². The van der Waals surface area contributed by atoms with Gasteiger partial charge in [0.2, 0.25) is 0 Å². The number of ether oxygens (including phenoxy) is 2. The molecule has 6 nitrogen and oxygen atoms in total. The van der Waals surface area contributed by atoms with E-state index in [-0.39, 0.29) is 24.4 Å². The molecule has 30 heavy (non-hydrogen) atoms. The third-order valence-electron chi connectivity index (χ3n) is 5.07. The van der Waals surface area contributed by atoms with E-state index < -0.39 is 18.2 Å². The van der Waals surface area contributed by atoms with Gasteiger partial charge in [0, 0.05) is 30.7 Å². The van der Waals surface area contributed by atoms with E-state index in [4.69, 9.17) is 4.74 Å². The second kappa shape index (κ2) is 9.36. The molecule has 3 rings (SSSR count). The Morgan fingerprint density at radius 1 is 1.23 bits per heavy atom. The van der Waals surface area contributed by atoms with E-state index in [0.29, 0.717) is 24.3 Å². The second-order valence-electron chi connectivity index (χ2n) is 7.08. The van der Waals surface area contributed by atoms with Gasteiger partial charge >= 0.3 is 12.3 Å². The van der Waals surface area contributed by atoms with Gasteiger partial charge in [-0.25, -0.2) is 0 Å².